The van der Waals surface area contributed by atoms with Gasteiger partial charge in [-0.15, -0.1) is 0 Å². The number of rotatable bonds is 2. The molecule has 1 N–H and O–H groups in total. The highest BCUT2D eigenvalue weighted by Crippen LogP contribution is 2.54. The van der Waals surface area contributed by atoms with E-state index in [1.807, 2.05) is 0 Å². The van der Waals surface area contributed by atoms with Crippen LogP contribution >= 0.6 is 0 Å². The van der Waals surface area contributed by atoms with Gasteiger partial charge in [-0.2, -0.15) is 0 Å². The molecule has 3 rings (SSSR count). The van der Waals surface area contributed by atoms with Gasteiger partial charge in [0.05, 0.1) is 0 Å². The van der Waals surface area contributed by atoms with Gasteiger partial charge in [0.15, 0.2) is 0 Å². The molecule has 5 unspecified atom stereocenters. The predicted molar refractivity (Wildman–Crippen MR) is 68.4 cm³/mol. The Hall–Kier alpha value is -0.530. The summed E-state index contributed by atoms with van der Waals surface area (Å²) in [5.41, 5.74) is 0. The normalized spacial score (nSPS) is 48.6. The van der Waals surface area contributed by atoms with Crippen LogP contribution in [0.25, 0.3) is 0 Å². The average molecular weight is 235 g/mol. The molecule has 3 saturated carbocycles. The molecule has 3 fully saturated rings. The Balaban J connectivity index is 1.53. The number of carbonyl (C=O) groups is 1. The molecule has 0 aliphatic heterocycles. The molecule has 0 heterocycles. The summed E-state index contributed by atoms with van der Waals surface area (Å²) in [6, 6.07) is 0.447. The third kappa shape index (κ3) is 2.23. The Morgan fingerprint density at radius 2 is 1.76 bits per heavy atom. The van der Waals surface area contributed by atoms with Gasteiger partial charge in [0, 0.05) is 12.0 Å². The maximum Gasteiger partial charge on any atom is 0.223 e. The van der Waals surface area contributed by atoms with Crippen LogP contribution in [0.3, 0.4) is 0 Å². The fourth-order valence-corrected chi connectivity index (χ4v) is 4.02. The summed E-state index contributed by atoms with van der Waals surface area (Å²) < 4.78 is 0. The van der Waals surface area contributed by atoms with E-state index in [9.17, 15) is 4.79 Å². The van der Waals surface area contributed by atoms with Gasteiger partial charge in [-0.05, 0) is 49.4 Å². The molecule has 2 heteroatoms. The second-order valence-corrected chi connectivity index (χ2v) is 6.81. The Morgan fingerprint density at radius 3 is 2.47 bits per heavy atom. The summed E-state index contributed by atoms with van der Waals surface area (Å²) >= 11 is 0. The van der Waals surface area contributed by atoms with Crippen molar-refractivity contribution in [3.8, 4) is 0 Å². The van der Waals surface area contributed by atoms with Crippen LogP contribution in [0.15, 0.2) is 0 Å². The summed E-state index contributed by atoms with van der Waals surface area (Å²) in [7, 11) is 0. The smallest absolute Gasteiger partial charge is 0.223 e. The number of carbonyl (C=O) groups excluding carboxylic acids is 1. The van der Waals surface area contributed by atoms with Gasteiger partial charge in [0.2, 0.25) is 5.91 Å². The van der Waals surface area contributed by atoms with Gasteiger partial charge in [-0.3, -0.25) is 4.79 Å². The highest BCUT2D eigenvalue weighted by Gasteiger charge is 2.48. The molecule has 96 valence electrons. The van der Waals surface area contributed by atoms with Gasteiger partial charge in [-0.25, -0.2) is 0 Å². The van der Waals surface area contributed by atoms with Crippen molar-refractivity contribution in [3.63, 3.8) is 0 Å². The van der Waals surface area contributed by atoms with Crippen molar-refractivity contribution in [3.05, 3.63) is 0 Å². The molecule has 0 aromatic carbocycles. The maximum absolute atomic E-state index is 12.2. The highest BCUT2D eigenvalue weighted by atomic mass is 16.2. The largest absolute Gasteiger partial charge is 0.353 e. The lowest BCUT2D eigenvalue weighted by Gasteiger charge is -2.35. The van der Waals surface area contributed by atoms with E-state index in [2.05, 4.69) is 19.2 Å². The number of amides is 1. The van der Waals surface area contributed by atoms with E-state index in [1.165, 1.54) is 38.5 Å². The minimum absolute atomic E-state index is 0.350. The van der Waals surface area contributed by atoms with E-state index >= 15 is 0 Å². The molecule has 5 atom stereocenters. The quantitative estimate of drug-likeness (QED) is 0.783. The SMILES string of the molecule is CC1CCCC(NC(=O)C2CC3CC3C2)C1C. The summed E-state index contributed by atoms with van der Waals surface area (Å²) in [5, 5.41) is 3.34. The second-order valence-electron chi connectivity index (χ2n) is 6.81. The predicted octanol–water partition coefficient (Wildman–Crippen LogP) is 2.97. The molecule has 0 spiro atoms. The first-order chi connectivity index (χ1) is 8.15. The summed E-state index contributed by atoms with van der Waals surface area (Å²) in [5.74, 6) is 3.96. The topological polar surface area (TPSA) is 29.1 Å². The lowest BCUT2D eigenvalue weighted by molar-refractivity contribution is -0.126. The summed E-state index contributed by atoms with van der Waals surface area (Å²) in [6.07, 6.45) is 7.56. The number of hydrogen-bond donors (Lipinski definition) is 1. The second kappa shape index (κ2) is 4.29. The van der Waals surface area contributed by atoms with Crippen LogP contribution in [-0.2, 0) is 4.79 Å². The Bertz CT molecular complexity index is 304. The third-order valence-electron chi connectivity index (χ3n) is 5.65. The fraction of sp³-hybridized carbons (Fsp3) is 0.933. The zero-order chi connectivity index (χ0) is 12.0. The number of nitrogens with one attached hydrogen (secondary N) is 1. The first-order valence-corrected chi connectivity index (χ1v) is 7.45. The van der Waals surface area contributed by atoms with Gasteiger partial charge in [0.1, 0.15) is 0 Å². The Labute approximate surface area is 105 Å². The molecular formula is C15H25NO. The standard InChI is InChI=1S/C15H25NO/c1-9-4-3-5-14(10(9)2)16-15(17)13-7-11-6-12(11)8-13/h9-14H,3-8H2,1-2H3,(H,16,17). The van der Waals surface area contributed by atoms with Crippen molar-refractivity contribution in [1.29, 1.82) is 0 Å². The molecule has 0 radical (unpaired) electrons. The van der Waals surface area contributed by atoms with Crippen molar-refractivity contribution < 1.29 is 4.79 Å². The van der Waals surface area contributed by atoms with E-state index in [0.29, 0.717) is 23.8 Å². The zero-order valence-corrected chi connectivity index (χ0v) is 11.1. The van der Waals surface area contributed by atoms with Crippen molar-refractivity contribution in [2.75, 3.05) is 0 Å². The van der Waals surface area contributed by atoms with E-state index in [4.69, 9.17) is 0 Å². The first kappa shape index (κ1) is 11.6. The number of hydrogen-bond acceptors (Lipinski definition) is 1. The molecule has 0 aromatic heterocycles. The van der Waals surface area contributed by atoms with Crippen LogP contribution in [0.4, 0.5) is 0 Å². The van der Waals surface area contributed by atoms with Gasteiger partial charge < -0.3 is 5.32 Å². The molecule has 17 heavy (non-hydrogen) atoms. The Kier molecular flexibility index (Phi) is 2.92. The van der Waals surface area contributed by atoms with E-state index in [0.717, 1.165) is 17.8 Å². The van der Waals surface area contributed by atoms with Crippen LogP contribution in [-0.4, -0.2) is 11.9 Å². The van der Waals surface area contributed by atoms with Crippen molar-refractivity contribution >= 4 is 5.91 Å². The van der Waals surface area contributed by atoms with Crippen LogP contribution in [0.5, 0.6) is 0 Å². The minimum atomic E-state index is 0.350. The van der Waals surface area contributed by atoms with Crippen LogP contribution < -0.4 is 5.32 Å². The van der Waals surface area contributed by atoms with E-state index < -0.39 is 0 Å². The average Bonchev–Trinajstić information content (AvgIpc) is 2.92. The van der Waals surface area contributed by atoms with Crippen LogP contribution in [0.1, 0.15) is 52.4 Å². The van der Waals surface area contributed by atoms with Crippen LogP contribution in [0.2, 0.25) is 0 Å². The third-order valence-corrected chi connectivity index (χ3v) is 5.65. The lowest BCUT2D eigenvalue weighted by atomic mass is 9.78. The first-order valence-electron chi connectivity index (χ1n) is 7.45. The van der Waals surface area contributed by atoms with E-state index in [-0.39, 0.29) is 0 Å². The van der Waals surface area contributed by atoms with Gasteiger partial charge in [-0.1, -0.05) is 26.7 Å². The summed E-state index contributed by atoms with van der Waals surface area (Å²) in [4.78, 5) is 12.2. The number of fused-ring (bicyclic) bond motifs is 1. The minimum Gasteiger partial charge on any atom is -0.353 e. The van der Waals surface area contributed by atoms with Gasteiger partial charge >= 0.3 is 0 Å². The van der Waals surface area contributed by atoms with Crippen molar-refractivity contribution in [2.24, 2.45) is 29.6 Å². The van der Waals surface area contributed by atoms with E-state index in [1.54, 1.807) is 0 Å². The molecule has 3 aliphatic carbocycles. The lowest BCUT2D eigenvalue weighted by Crippen LogP contribution is -2.45. The monoisotopic (exact) mass is 235 g/mol. The van der Waals surface area contributed by atoms with Crippen molar-refractivity contribution in [2.45, 2.75) is 58.4 Å². The van der Waals surface area contributed by atoms with Gasteiger partial charge in [0.25, 0.3) is 0 Å². The molecule has 0 bridgehead atoms. The Morgan fingerprint density at radius 1 is 1.06 bits per heavy atom. The molecule has 0 saturated heterocycles. The summed E-state index contributed by atoms with van der Waals surface area (Å²) in [6.45, 7) is 4.63. The molecule has 2 nitrogen and oxygen atoms in total. The molecule has 3 aliphatic rings. The fourth-order valence-electron chi connectivity index (χ4n) is 4.02. The van der Waals surface area contributed by atoms with Crippen LogP contribution in [0, 0.1) is 29.6 Å². The molecular weight excluding hydrogens is 210 g/mol. The highest BCUT2D eigenvalue weighted by molar-refractivity contribution is 5.79. The molecule has 1 amide bonds. The van der Waals surface area contributed by atoms with Crippen molar-refractivity contribution in [1.82, 2.24) is 5.32 Å². The zero-order valence-electron chi connectivity index (χ0n) is 11.1. The maximum atomic E-state index is 12.2. The molecule has 0 aromatic rings.